The van der Waals surface area contributed by atoms with Gasteiger partial charge in [0.2, 0.25) is 11.8 Å². The molecule has 2 saturated heterocycles. The molecule has 0 aromatic rings. The third-order valence-electron chi connectivity index (χ3n) is 4.82. The standard InChI is InChI=1S/C18H33N5O4S/c1-19-7-8-20-16(25)6-10-27-11-9-21-15(24)5-3-2-4-14-17-13(12-28-14)22-18(26)23-17/h13-14,17,19H,2-12H2,1H3,(H,20,25)(H,21,24)(H2,22,23,26)/t13-,14-,17-/m0/s1. The van der Waals surface area contributed by atoms with E-state index >= 15 is 0 Å². The first-order chi connectivity index (χ1) is 13.6. The Morgan fingerprint density at radius 2 is 1.86 bits per heavy atom. The van der Waals surface area contributed by atoms with Crippen LogP contribution in [0, 0.1) is 0 Å². The lowest BCUT2D eigenvalue weighted by atomic mass is 10.0. The van der Waals surface area contributed by atoms with Gasteiger partial charge in [-0.3, -0.25) is 9.59 Å². The summed E-state index contributed by atoms with van der Waals surface area (Å²) in [6, 6.07) is 0.426. The molecule has 2 heterocycles. The molecule has 0 spiro atoms. The Labute approximate surface area is 170 Å². The van der Waals surface area contributed by atoms with Gasteiger partial charge < -0.3 is 31.3 Å². The van der Waals surface area contributed by atoms with Crippen LogP contribution in [0.5, 0.6) is 0 Å². The number of unbranched alkanes of at least 4 members (excludes halogenated alkanes) is 1. The highest BCUT2D eigenvalue weighted by Crippen LogP contribution is 2.33. The van der Waals surface area contributed by atoms with Crippen molar-refractivity contribution in [2.45, 2.75) is 49.4 Å². The van der Waals surface area contributed by atoms with Crippen LogP contribution in [0.4, 0.5) is 4.79 Å². The van der Waals surface area contributed by atoms with Gasteiger partial charge in [-0.1, -0.05) is 6.42 Å². The minimum atomic E-state index is -0.0590. The van der Waals surface area contributed by atoms with Crippen molar-refractivity contribution in [3.05, 3.63) is 0 Å². The minimum absolute atomic E-state index is 0.0287. The number of rotatable bonds is 14. The highest BCUT2D eigenvalue weighted by atomic mass is 32.2. The molecule has 2 rings (SSSR count). The lowest BCUT2D eigenvalue weighted by Crippen LogP contribution is -2.36. The van der Waals surface area contributed by atoms with Crippen LogP contribution in [0.15, 0.2) is 0 Å². The van der Waals surface area contributed by atoms with Crippen LogP contribution in [0.1, 0.15) is 32.1 Å². The van der Waals surface area contributed by atoms with E-state index in [1.165, 1.54) is 0 Å². The number of amides is 4. The lowest BCUT2D eigenvalue weighted by molar-refractivity contribution is -0.123. The van der Waals surface area contributed by atoms with Gasteiger partial charge in [-0.25, -0.2) is 4.79 Å². The molecule has 2 aliphatic heterocycles. The van der Waals surface area contributed by atoms with E-state index in [4.69, 9.17) is 4.74 Å². The second-order valence-electron chi connectivity index (χ2n) is 7.03. The second-order valence-corrected chi connectivity index (χ2v) is 8.31. The maximum Gasteiger partial charge on any atom is 0.315 e. The van der Waals surface area contributed by atoms with Crippen molar-refractivity contribution in [1.29, 1.82) is 0 Å². The Kier molecular flexibility index (Phi) is 10.4. The molecular weight excluding hydrogens is 382 g/mol. The van der Waals surface area contributed by atoms with Gasteiger partial charge in [0.1, 0.15) is 0 Å². The Morgan fingerprint density at radius 3 is 2.68 bits per heavy atom. The Hall–Kier alpha value is -1.52. The van der Waals surface area contributed by atoms with E-state index < -0.39 is 0 Å². The largest absolute Gasteiger partial charge is 0.379 e. The molecule has 0 radical (unpaired) electrons. The van der Waals surface area contributed by atoms with E-state index in [1.807, 2.05) is 18.8 Å². The van der Waals surface area contributed by atoms with E-state index in [9.17, 15) is 14.4 Å². The number of urea groups is 1. The molecule has 5 N–H and O–H groups in total. The minimum Gasteiger partial charge on any atom is -0.379 e. The number of carbonyl (C=O) groups excluding carboxylic acids is 3. The van der Waals surface area contributed by atoms with Crippen LogP contribution in [0.3, 0.4) is 0 Å². The summed E-state index contributed by atoms with van der Waals surface area (Å²) in [6.07, 6.45) is 3.66. The molecule has 0 aliphatic carbocycles. The number of likely N-dealkylation sites (N-methyl/N-ethyl adjacent to an activating group) is 1. The fourth-order valence-corrected chi connectivity index (χ4v) is 4.85. The number of carbonyl (C=O) groups is 3. The Bertz CT molecular complexity index is 522. The smallest absolute Gasteiger partial charge is 0.315 e. The first-order valence-electron chi connectivity index (χ1n) is 10.0. The summed E-state index contributed by atoms with van der Waals surface area (Å²) < 4.78 is 5.37. The third-order valence-corrected chi connectivity index (χ3v) is 6.33. The number of thioether (sulfide) groups is 1. The molecule has 3 atom stereocenters. The van der Waals surface area contributed by atoms with Gasteiger partial charge in [-0.2, -0.15) is 11.8 Å². The van der Waals surface area contributed by atoms with Crippen LogP contribution < -0.4 is 26.6 Å². The van der Waals surface area contributed by atoms with Crippen LogP contribution in [-0.4, -0.2) is 80.8 Å². The monoisotopic (exact) mass is 415 g/mol. The van der Waals surface area contributed by atoms with E-state index in [-0.39, 0.29) is 29.9 Å². The molecule has 0 unspecified atom stereocenters. The molecule has 0 aromatic heterocycles. The number of hydrogen-bond donors (Lipinski definition) is 5. The zero-order chi connectivity index (χ0) is 20.2. The molecule has 160 valence electrons. The first-order valence-corrected chi connectivity index (χ1v) is 11.1. The van der Waals surface area contributed by atoms with Gasteiger partial charge in [0.05, 0.1) is 25.3 Å². The van der Waals surface area contributed by atoms with E-state index in [0.717, 1.165) is 31.6 Å². The van der Waals surface area contributed by atoms with E-state index in [2.05, 4.69) is 26.6 Å². The first kappa shape index (κ1) is 22.8. The number of ether oxygens (including phenoxy) is 1. The zero-order valence-corrected chi connectivity index (χ0v) is 17.4. The van der Waals surface area contributed by atoms with Crippen molar-refractivity contribution in [3.8, 4) is 0 Å². The highest BCUT2D eigenvalue weighted by molar-refractivity contribution is 8.00. The molecule has 28 heavy (non-hydrogen) atoms. The number of fused-ring (bicyclic) bond motifs is 1. The molecule has 0 bridgehead atoms. The summed E-state index contributed by atoms with van der Waals surface area (Å²) in [6.45, 7) is 2.57. The van der Waals surface area contributed by atoms with E-state index in [0.29, 0.717) is 44.4 Å². The van der Waals surface area contributed by atoms with Gasteiger partial charge in [0.25, 0.3) is 0 Å². The maximum absolute atomic E-state index is 11.8. The predicted molar refractivity (Wildman–Crippen MR) is 109 cm³/mol. The van der Waals surface area contributed by atoms with Crippen molar-refractivity contribution >= 4 is 29.6 Å². The Morgan fingerprint density at radius 1 is 1.07 bits per heavy atom. The summed E-state index contributed by atoms with van der Waals surface area (Å²) in [5.74, 6) is 0.965. The molecule has 2 aliphatic rings. The van der Waals surface area contributed by atoms with Gasteiger partial charge in [-0.15, -0.1) is 0 Å². The normalized spacial score (nSPS) is 23.0. The fraction of sp³-hybridized carbons (Fsp3) is 0.833. The SMILES string of the molecule is CNCCNC(=O)CCOCCNC(=O)CCCC[C@@H]1SC[C@@H]2NC(=O)N[C@@H]21. The van der Waals surface area contributed by atoms with Crippen molar-refractivity contribution in [2.24, 2.45) is 0 Å². The van der Waals surface area contributed by atoms with Gasteiger partial charge in [-0.05, 0) is 19.9 Å². The summed E-state index contributed by atoms with van der Waals surface area (Å²) in [5.41, 5.74) is 0. The van der Waals surface area contributed by atoms with Crippen molar-refractivity contribution in [2.75, 3.05) is 45.6 Å². The second kappa shape index (κ2) is 12.8. The van der Waals surface area contributed by atoms with E-state index in [1.54, 1.807) is 0 Å². The topological polar surface area (TPSA) is 121 Å². The van der Waals surface area contributed by atoms with Crippen molar-refractivity contribution in [1.82, 2.24) is 26.6 Å². The van der Waals surface area contributed by atoms with Gasteiger partial charge >= 0.3 is 6.03 Å². The quantitative estimate of drug-likeness (QED) is 0.194. The summed E-state index contributed by atoms with van der Waals surface area (Å²) in [7, 11) is 1.83. The third kappa shape index (κ3) is 8.24. The molecule has 4 amide bonds. The van der Waals surface area contributed by atoms with Crippen LogP contribution in [-0.2, 0) is 14.3 Å². The molecule has 10 heteroatoms. The van der Waals surface area contributed by atoms with Crippen LogP contribution in [0.25, 0.3) is 0 Å². The maximum atomic E-state index is 11.8. The van der Waals surface area contributed by atoms with Crippen molar-refractivity contribution < 1.29 is 19.1 Å². The van der Waals surface area contributed by atoms with Crippen molar-refractivity contribution in [3.63, 3.8) is 0 Å². The molecule has 0 saturated carbocycles. The summed E-state index contributed by atoms with van der Waals surface area (Å²) >= 11 is 1.90. The Balaban J connectivity index is 1.39. The fourth-order valence-electron chi connectivity index (χ4n) is 3.31. The number of hydrogen-bond acceptors (Lipinski definition) is 6. The lowest BCUT2D eigenvalue weighted by Gasteiger charge is -2.16. The molecule has 2 fully saturated rings. The average molecular weight is 416 g/mol. The van der Waals surface area contributed by atoms with Crippen LogP contribution >= 0.6 is 11.8 Å². The molecule has 9 nitrogen and oxygen atoms in total. The average Bonchev–Trinajstić information content (AvgIpc) is 3.21. The van der Waals surface area contributed by atoms with Crippen LogP contribution in [0.2, 0.25) is 0 Å². The molecule has 0 aromatic carbocycles. The summed E-state index contributed by atoms with van der Waals surface area (Å²) in [4.78, 5) is 34.7. The van der Waals surface area contributed by atoms with Gasteiger partial charge in [0.15, 0.2) is 0 Å². The summed E-state index contributed by atoms with van der Waals surface area (Å²) in [5, 5.41) is 14.9. The zero-order valence-electron chi connectivity index (χ0n) is 16.6. The highest BCUT2D eigenvalue weighted by Gasteiger charge is 2.42. The number of nitrogens with one attached hydrogen (secondary N) is 5. The molecular formula is C18H33N5O4S. The predicted octanol–water partition coefficient (Wildman–Crippen LogP) is -0.429. The van der Waals surface area contributed by atoms with Gasteiger partial charge in [0, 0.05) is 43.5 Å².